The molecule has 1 saturated heterocycles. The van der Waals surface area contributed by atoms with Gasteiger partial charge in [0.1, 0.15) is 0 Å². The van der Waals surface area contributed by atoms with E-state index in [1.54, 1.807) is 6.20 Å². The molecule has 156 valence electrons. The summed E-state index contributed by atoms with van der Waals surface area (Å²) in [5.74, 6) is 1.35. The third-order valence-corrected chi connectivity index (χ3v) is 5.86. The van der Waals surface area contributed by atoms with Crippen molar-refractivity contribution in [3.63, 3.8) is 0 Å². The molecule has 0 radical (unpaired) electrons. The van der Waals surface area contributed by atoms with Crippen LogP contribution in [0.3, 0.4) is 0 Å². The summed E-state index contributed by atoms with van der Waals surface area (Å²) in [6.45, 7) is 5.57. The van der Waals surface area contributed by atoms with Crippen molar-refractivity contribution in [2.24, 2.45) is 0 Å². The Kier molecular flexibility index (Phi) is 6.50. The number of halogens is 1. The summed E-state index contributed by atoms with van der Waals surface area (Å²) in [6.07, 6.45) is 2.55. The van der Waals surface area contributed by atoms with Crippen LogP contribution < -0.4 is 0 Å². The molecule has 4 rings (SSSR count). The molecule has 1 atom stereocenters. The van der Waals surface area contributed by atoms with E-state index in [0.717, 1.165) is 31.7 Å². The van der Waals surface area contributed by atoms with E-state index < -0.39 is 0 Å². The first-order valence-corrected chi connectivity index (χ1v) is 10.7. The first kappa shape index (κ1) is 20.6. The van der Waals surface area contributed by atoms with Gasteiger partial charge in [0, 0.05) is 50.6 Å². The molecule has 1 aliphatic rings. The van der Waals surface area contributed by atoms with E-state index in [-0.39, 0.29) is 11.9 Å². The van der Waals surface area contributed by atoms with Crippen LogP contribution in [0.1, 0.15) is 24.8 Å². The Labute approximate surface area is 182 Å². The number of benzene rings is 2. The molecule has 3 aromatic rings. The van der Waals surface area contributed by atoms with Crippen LogP contribution in [0.15, 0.2) is 65.2 Å². The van der Waals surface area contributed by atoms with Crippen LogP contribution >= 0.6 is 11.6 Å². The summed E-state index contributed by atoms with van der Waals surface area (Å²) in [5.41, 5.74) is 2.12. The van der Waals surface area contributed by atoms with Crippen LogP contribution in [0, 0.1) is 0 Å². The predicted octanol–water partition coefficient (Wildman–Crippen LogP) is 4.66. The minimum Gasteiger partial charge on any atom is -0.441 e. The molecule has 1 unspecified atom stereocenters. The predicted molar refractivity (Wildman–Crippen MR) is 118 cm³/mol. The summed E-state index contributed by atoms with van der Waals surface area (Å²) in [4.78, 5) is 21.5. The Morgan fingerprint density at radius 1 is 1.13 bits per heavy atom. The molecule has 0 saturated carbocycles. The van der Waals surface area contributed by atoms with E-state index in [0.29, 0.717) is 29.5 Å². The number of carbonyl (C=O) groups excluding carboxylic acids is 1. The number of hydrogen-bond donors (Lipinski definition) is 0. The molecule has 30 heavy (non-hydrogen) atoms. The van der Waals surface area contributed by atoms with Gasteiger partial charge in [-0.2, -0.15) is 0 Å². The zero-order chi connectivity index (χ0) is 20.9. The lowest BCUT2D eigenvalue weighted by atomic mass is 10.1. The average Bonchev–Trinajstić information content (AvgIpc) is 3.22. The van der Waals surface area contributed by atoms with Gasteiger partial charge in [0.25, 0.3) is 0 Å². The van der Waals surface area contributed by atoms with Gasteiger partial charge in [0.15, 0.2) is 11.7 Å². The number of hydrogen-bond acceptors (Lipinski definition) is 4. The normalized spacial score (nSPS) is 17.3. The van der Waals surface area contributed by atoms with Crippen molar-refractivity contribution in [2.45, 2.75) is 32.4 Å². The fraction of sp³-hybridized carbons (Fsp3) is 0.333. The SMILES string of the molecule is CC1CN(Cc2ccccc2)CCN1C(=O)CCc1ncc(-c2ccccc2Cl)o1. The maximum absolute atomic E-state index is 12.8. The van der Waals surface area contributed by atoms with Crippen molar-refractivity contribution >= 4 is 17.5 Å². The lowest BCUT2D eigenvalue weighted by Gasteiger charge is -2.40. The molecule has 2 aromatic carbocycles. The number of aromatic nitrogens is 1. The van der Waals surface area contributed by atoms with Crippen molar-refractivity contribution in [3.8, 4) is 11.3 Å². The third kappa shape index (κ3) is 4.91. The second-order valence-corrected chi connectivity index (χ2v) is 8.16. The Balaban J connectivity index is 1.29. The van der Waals surface area contributed by atoms with Crippen molar-refractivity contribution in [1.29, 1.82) is 0 Å². The highest BCUT2D eigenvalue weighted by atomic mass is 35.5. The van der Waals surface area contributed by atoms with Crippen molar-refractivity contribution in [2.75, 3.05) is 19.6 Å². The number of amides is 1. The fourth-order valence-corrected chi connectivity index (χ4v) is 4.19. The van der Waals surface area contributed by atoms with Crippen LogP contribution in [0.4, 0.5) is 0 Å². The molecule has 0 aliphatic carbocycles. The van der Waals surface area contributed by atoms with Gasteiger partial charge in [0.05, 0.1) is 11.2 Å². The molecule has 6 heteroatoms. The highest BCUT2D eigenvalue weighted by Gasteiger charge is 2.27. The first-order valence-electron chi connectivity index (χ1n) is 10.4. The highest BCUT2D eigenvalue weighted by Crippen LogP contribution is 2.28. The zero-order valence-electron chi connectivity index (χ0n) is 17.1. The van der Waals surface area contributed by atoms with Gasteiger partial charge in [-0.3, -0.25) is 9.69 Å². The molecule has 2 heterocycles. The van der Waals surface area contributed by atoms with Crippen LogP contribution in [0.2, 0.25) is 5.02 Å². The largest absolute Gasteiger partial charge is 0.441 e. The minimum atomic E-state index is 0.152. The van der Waals surface area contributed by atoms with Gasteiger partial charge >= 0.3 is 0 Å². The molecule has 0 bridgehead atoms. The van der Waals surface area contributed by atoms with Gasteiger partial charge < -0.3 is 9.32 Å². The van der Waals surface area contributed by atoms with E-state index in [2.05, 4.69) is 41.1 Å². The third-order valence-electron chi connectivity index (χ3n) is 5.53. The number of rotatable bonds is 6. The molecule has 0 spiro atoms. The molecular weight excluding hydrogens is 398 g/mol. The molecule has 1 amide bonds. The lowest BCUT2D eigenvalue weighted by Crippen LogP contribution is -2.53. The smallest absolute Gasteiger partial charge is 0.223 e. The molecule has 5 nitrogen and oxygen atoms in total. The second-order valence-electron chi connectivity index (χ2n) is 7.75. The van der Waals surface area contributed by atoms with Gasteiger partial charge in [0.2, 0.25) is 5.91 Å². The van der Waals surface area contributed by atoms with Gasteiger partial charge in [-0.1, -0.05) is 54.1 Å². The van der Waals surface area contributed by atoms with Gasteiger partial charge in [-0.05, 0) is 24.6 Å². The fourth-order valence-electron chi connectivity index (χ4n) is 3.96. The first-order chi connectivity index (χ1) is 14.6. The number of nitrogens with zero attached hydrogens (tertiary/aromatic N) is 3. The summed E-state index contributed by atoms with van der Waals surface area (Å²) in [5, 5.41) is 0.624. The van der Waals surface area contributed by atoms with E-state index >= 15 is 0 Å². The van der Waals surface area contributed by atoms with Crippen LogP contribution in [-0.4, -0.2) is 46.4 Å². The number of aryl methyl sites for hydroxylation is 1. The van der Waals surface area contributed by atoms with Crippen molar-refractivity contribution in [3.05, 3.63) is 77.3 Å². The Morgan fingerprint density at radius 3 is 2.67 bits per heavy atom. The number of piperazine rings is 1. The molecular formula is C24H26ClN3O2. The summed E-state index contributed by atoms with van der Waals surface area (Å²) in [6, 6.07) is 18.2. The van der Waals surface area contributed by atoms with E-state index in [1.807, 2.05) is 35.2 Å². The Hall–Kier alpha value is -2.63. The standard InChI is InChI=1S/C24H26ClN3O2/c1-18-16-27(17-19-7-3-2-4-8-19)13-14-28(18)24(29)12-11-23-26-15-22(30-23)20-9-5-6-10-21(20)25/h2-10,15,18H,11-14,16-17H2,1H3. The maximum atomic E-state index is 12.8. The van der Waals surface area contributed by atoms with Crippen LogP contribution in [0.5, 0.6) is 0 Å². The summed E-state index contributed by atoms with van der Waals surface area (Å²) >= 11 is 6.22. The monoisotopic (exact) mass is 423 g/mol. The maximum Gasteiger partial charge on any atom is 0.223 e. The van der Waals surface area contributed by atoms with Gasteiger partial charge in [-0.15, -0.1) is 0 Å². The van der Waals surface area contributed by atoms with Crippen LogP contribution in [-0.2, 0) is 17.8 Å². The average molecular weight is 424 g/mol. The van der Waals surface area contributed by atoms with Crippen LogP contribution in [0.25, 0.3) is 11.3 Å². The molecule has 1 aliphatic heterocycles. The van der Waals surface area contributed by atoms with E-state index in [9.17, 15) is 4.79 Å². The van der Waals surface area contributed by atoms with Crippen molar-refractivity contribution < 1.29 is 9.21 Å². The highest BCUT2D eigenvalue weighted by molar-refractivity contribution is 6.33. The Bertz CT molecular complexity index is 989. The molecule has 1 fully saturated rings. The Morgan fingerprint density at radius 2 is 1.90 bits per heavy atom. The minimum absolute atomic E-state index is 0.152. The number of carbonyl (C=O) groups is 1. The van der Waals surface area contributed by atoms with E-state index in [1.165, 1.54) is 5.56 Å². The number of oxazole rings is 1. The zero-order valence-corrected chi connectivity index (χ0v) is 17.9. The topological polar surface area (TPSA) is 49.6 Å². The summed E-state index contributed by atoms with van der Waals surface area (Å²) in [7, 11) is 0. The lowest BCUT2D eigenvalue weighted by molar-refractivity contribution is -0.135. The van der Waals surface area contributed by atoms with E-state index in [4.69, 9.17) is 16.0 Å². The van der Waals surface area contributed by atoms with Gasteiger partial charge in [-0.25, -0.2) is 4.98 Å². The second kappa shape index (κ2) is 9.45. The summed E-state index contributed by atoms with van der Waals surface area (Å²) < 4.78 is 5.82. The quantitative estimate of drug-likeness (QED) is 0.578. The molecule has 0 N–H and O–H groups in total. The van der Waals surface area contributed by atoms with Crippen molar-refractivity contribution in [1.82, 2.24) is 14.8 Å². The molecule has 1 aromatic heterocycles.